The van der Waals surface area contributed by atoms with Gasteiger partial charge in [-0.1, -0.05) is 18.2 Å². The van der Waals surface area contributed by atoms with Gasteiger partial charge in [0, 0.05) is 10.5 Å². The Morgan fingerprint density at radius 2 is 1.85 bits per heavy atom. The predicted octanol–water partition coefficient (Wildman–Crippen LogP) is 2.07. The second-order valence-corrected chi connectivity index (χ2v) is 7.73. The molecule has 1 heterocycles. The van der Waals surface area contributed by atoms with E-state index in [4.69, 9.17) is 9.47 Å². The average Bonchev–Trinajstić information content (AvgIpc) is 2.68. The first kappa shape index (κ1) is 19.6. The Hall–Kier alpha value is -2.18. The largest absolute Gasteiger partial charge is 0.486 e. The molecule has 1 amide bonds. The van der Waals surface area contributed by atoms with E-state index in [1.54, 1.807) is 11.8 Å². The summed E-state index contributed by atoms with van der Waals surface area (Å²) in [5, 5.41) is 3.08. The number of likely N-dealkylation sites (N-methyl/N-ethyl adjacent to an activating group) is 1. The van der Waals surface area contributed by atoms with E-state index in [1.807, 2.05) is 32.2 Å². The normalized spacial score (nSPS) is 15.1. The smallest absolute Gasteiger partial charge is 0.275 e. The fraction of sp³-hybridized carbons (Fsp3) is 0.381. The van der Waals surface area contributed by atoms with Crippen LogP contribution in [0.1, 0.15) is 24.1 Å². The molecule has 6 heteroatoms. The fourth-order valence-corrected chi connectivity index (χ4v) is 3.54. The first-order chi connectivity index (χ1) is 13.0. The van der Waals surface area contributed by atoms with Crippen LogP contribution in [0.2, 0.25) is 0 Å². The van der Waals surface area contributed by atoms with Crippen molar-refractivity contribution in [2.75, 3.05) is 33.1 Å². The summed E-state index contributed by atoms with van der Waals surface area (Å²) < 4.78 is 11.2. The van der Waals surface area contributed by atoms with Crippen molar-refractivity contribution >= 4 is 17.7 Å². The molecule has 0 aromatic heterocycles. The van der Waals surface area contributed by atoms with Crippen LogP contribution < -0.4 is 19.7 Å². The first-order valence-electron chi connectivity index (χ1n) is 9.18. The molecule has 5 nitrogen and oxygen atoms in total. The highest BCUT2D eigenvalue weighted by Crippen LogP contribution is 2.32. The Kier molecular flexibility index (Phi) is 6.63. The standard InChI is InChI=1S/C21H26N2O3S/c1-15(17-6-9-19-20(12-17)26-11-10-25-19)22-21(24)14-23(2)13-16-4-7-18(27-3)8-5-16/h4-9,12,15H,10-11,13-14H2,1-3H3,(H,22,24)/p+1/t15-/m0/s1. The minimum absolute atomic E-state index is 0.0376. The molecule has 0 spiro atoms. The molecular weight excluding hydrogens is 360 g/mol. The minimum atomic E-state index is -0.0815. The number of benzene rings is 2. The number of carbonyl (C=O) groups excluding carboxylic acids is 1. The van der Waals surface area contributed by atoms with Crippen LogP contribution in [0, 0.1) is 0 Å². The third-order valence-electron chi connectivity index (χ3n) is 4.57. The molecular formula is C21H27N2O3S+. The molecule has 0 fully saturated rings. The van der Waals surface area contributed by atoms with Gasteiger partial charge in [-0.3, -0.25) is 4.79 Å². The van der Waals surface area contributed by atoms with Gasteiger partial charge in [-0.2, -0.15) is 0 Å². The Morgan fingerprint density at radius 1 is 1.15 bits per heavy atom. The molecule has 2 atom stereocenters. The number of carbonyl (C=O) groups is 1. The van der Waals surface area contributed by atoms with Gasteiger partial charge in [0.25, 0.3) is 5.91 Å². The highest BCUT2D eigenvalue weighted by molar-refractivity contribution is 7.98. The number of ether oxygens (including phenoxy) is 2. The van der Waals surface area contributed by atoms with Crippen molar-refractivity contribution in [1.82, 2.24) is 5.32 Å². The maximum atomic E-state index is 12.4. The van der Waals surface area contributed by atoms with Gasteiger partial charge in [-0.15, -0.1) is 11.8 Å². The van der Waals surface area contributed by atoms with Gasteiger partial charge >= 0.3 is 0 Å². The molecule has 1 aliphatic rings. The van der Waals surface area contributed by atoms with Crippen LogP contribution >= 0.6 is 11.8 Å². The fourth-order valence-electron chi connectivity index (χ4n) is 3.13. The minimum Gasteiger partial charge on any atom is -0.486 e. The van der Waals surface area contributed by atoms with Gasteiger partial charge in [0.05, 0.1) is 13.1 Å². The molecule has 2 aromatic rings. The van der Waals surface area contributed by atoms with Crippen molar-refractivity contribution in [3.8, 4) is 11.5 Å². The van der Waals surface area contributed by atoms with Crippen molar-refractivity contribution in [2.45, 2.75) is 24.4 Å². The van der Waals surface area contributed by atoms with Crippen molar-refractivity contribution in [1.29, 1.82) is 0 Å². The van der Waals surface area contributed by atoms with E-state index in [9.17, 15) is 4.79 Å². The van der Waals surface area contributed by atoms with Crippen LogP contribution in [0.25, 0.3) is 0 Å². The van der Waals surface area contributed by atoms with Crippen molar-refractivity contribution < 1.29 is 19.2 Å². The van der Waals surface area contributed by atoms with Gasteiger partial charge < -0.3 is 19.7 Å². The zero-order chi connectivity index (χ0) is 19.2. The second-order valence-electron chi connectivity index (χ2n) is 6.85. The monoisotopic (exact) mass is 387 g/mol. The quantitative estimate of drug-likeness (QED) is 0.715. The lowest BCUT2D eigenvalue weighted by Gasteiger charge is -2.21. The SMILES string of the molecule is CSc1ccc(C[NH+](C)CC(=O)N[C@@H](C)c2ccc3c(c2)OCCO3)cc1. The number of thioether (sulfide) groups is 1. The number of hydrogen-bond donors (Lipinski definition) is 2. The highest BCUT2D eigenvalue weighted by atomic mass is 32.2. The zero-order valence-corrected chi connectivity index (χ0v) is 16.9. The lowest BCUT2D eigenvalue weighted by molar-refractivity contribution is -0.885. The van der Waals surface area contributed by atoms with Gasteiger partial charge in [-0.05, 0) is 43.0 Å². The summed E-state index contributed by atoms with van der Waals surface area (Å²) in [5.41, 5.74) is 2.25. The molecule has 3 rings (SSSR count). The van der Waals surface area contributed by atoms with Crippen molar-refractivity contribution in [2.24, 2.45) is 0 Å². The van der Waals surface area contributed by atoms with Gasteiger partial charge in [0.15, 0.2) is 18.0 Å². The summed E-state index contributed by atoms with van der Waals surface area (Å²) >= 11 is 1.73. The summed E-state index contributed by atoms with van der Waals surface area (Å²) in [7, 11) is 2.04. The third-order valence-corrected chi connectivity index (χ3v) is 5.31. The number of hydrogen-bond acceptors (Lipinski definition) is 4. The van der Waals surface area contributed by atoms with E-state index in [1.165, 1.54) is 10.5 Å². The van der Waals surface area contributed by atoms with Gasteiger partial charge in [-0.25, -0.2) is 0 Å². The van der Waals surface area contributed by atoms with Crippen LogP contribution in [0.15, 0.2) is 47.4 Å². The molecule has 2 N–H and O–H groups in total. The zero-order valence-electron chi connectivity index (χ0n) is 16.1. The summed E-state index contributed by atoms with van der Waals surface area (Å²) in [4.78, 5) is 14.8. The van der Waals surface area contributed by atoms with Gasteiger partial charge in [0.1, 0.15) is 19.8 Å². The maximum absolute atomic E-state index is 12.4. The molecule has 144 valence electrons. The lowest BCUT2D eigenvalue weighted by atomic mass is 10.1. The molecule has 1 aliphatic heterocycles. The van der Waals surface area contributed by atoms with E-state index < -0.39 is 0 Å². The number of amides is 1. The third kappa shape index (κ3) is 5.40. The summed E-state index contributed by atoms with van der Waals surface area (Å²) in [6.07, 6.45) is 2.07. The predicted molar refractivity (Wildman–Crippen MR) is 108 cm³/mol. The van der Waals surface area contributed by atoms with Crippen molar-refractivity contribution in [3.05, 3.63) is 53.6 Å². The van der Waals surface area contributed by atoms with Gasteiger partial charge in [0.2, 0.25) is 0 Å². The molecule has 0 saturated heterocycles. The molecule has 0 bridgehead atoms. The van der Waals surface area contributed by atoms with Crippen LogP contribution in [-0.4, -0.2) is 39.0 Å². The molecule has 27 heavy (non-hydrogen) atoms. The Labute approximate surface area is 165 Å². The molecule has 0 saturated carbocycles. The number of nitrogens with one attached hydrogen (secondary N) is 2. The van der Waals surface area contributed by atoms with Crippen LogP contribution in [0.4, 0.5) is 0 Å². The summed E-state index contributed by atoms with van der Waals surface area (Å²) in [5.74, 6) is 1.55. The Morgan fingerprint density at radius 3 is 2.56 bits per heavy atom. The van der Waals surface area contributed by atoms with E-state index in [0.29, 0.717) is 19.8 Å². The summed E-state index contributed by atoms with van der Waals surface area (Å²) in [6.45, 7) is 4.37. The van der Waals surface area contributed by atoms with E-state index in [0.717, 1.165) is 28.5 Å². The topological polar surface area (TPSA) is 52.0 Å². The van der Waals surface area contributed by atoms with Crippen LogP contribution in [-0.2, 0) is 11.3 Å². The number of fused-ring (bicyclic) bond motifs is 1. The molecule has 1 unspecified atom stereocenters. The van der Waals surface area contributed by atoms with E-state index in [2.05, 4.69) is 35.8 Å². The number of quaternary nitrogens is 1. The highest BCUT2D eigenvalue weighted by Gasteiger charge is 2.17. The van der Waals surface area contributed by atoms with Crippen molar-refractivity contribution in [3.63, 3.8) is 0 Å². The Balaban J connectivity index is 1.51. The lowest BCUT2D eigenvalue weighted by Crippen LogP contribution is -3.08. The number of rotatable bonds is 7. The average molecular weight is 388 g/mol. The summed E-state index contributed by atoms with van der Waals surface area (Å²) in [6, 6.07) is 14.3. The molecule has 2 aromatic carbocycles. The maximum Gasteiger partial charge on any atom is 0.275 e. The van der Waals surface area contributed by atoms with E-state index in [-0.39, 0.29) is 11.9 Å². The molecule has 0 aliphatic carbocycles. The first-order valence-corrected chi connectivity index (χ1v) is 10.4. The van der Waals surface area contributed by atoms with Crippen LogP contribution in [0.5, 0.6) is 11.5 Å². The molecule has 0 radical (unpaired) electrons. The van der Waals surface area contributed by atoms with Crippen LogP contribution in [0.3, 0.4) is 0 Å². The second kappa shape index (κ2) is 9.15. The van der Waals surface area contributed by atoms with E-state index >= 15 is 0 Å². The Bertz CT molecular complexity index is 779.